The topological polar surface area (TPSA) is 33.2 Å². The van der Waals surface area contributed by atoms with E-state index in [1.165, 1.54) is 5.56 Å². The van der Waals surface area contributed by atoms with Crippen LogP contribution in [0.1, 0.15) is 35.5 Å². The minimum absolute atomic E-state index is 0.0639. The molecule has 2 rings (SSSR count). The number of aromatic nitrogens is 1. The zero-order chi connectivity index (χ0) is 14.4. The Balaban J connectivity index is 2.29. The van der Waals surface area contributed by atoms with Gasteiger partial charge in [0.2, 0.25) is 0 Å². The molecule has 3 heteroatoms. The number of hydrogen-bond acceptors (Lipinski definition) is 2. The maximum atomic E-state index is 12.5. The molecule has 3 nitrogen and oxygen atoms in total. The van der Waals surface area contributed by atoms with Crippen LogP contribution in [0.15, 0.2) is 48.7 Å². The molecule has 0 fully saturated rings. The van der Waals surface area contributed by atoms with E-state index in [9.17, 15) is 4.79 Å². The molecule has 0 aliphatic rings. The second-order valence-electron chi connectivity index (χ2n) is 4.64. The lowest BCUT2D eigenvalue weighted by atomic mass is 10.0. The number of hydrogen-bond donors (Lipinski definition) is 0. The van der Waals surface area contributed by atoms with Gasteiger partial charge in [-0.25, -0.2) is 0 Å². The van der Waals surface area contributed by atoms with E-state index >= 15 is 0 Å². The Morgan fingerprint density at radius 2 is 1.75 bits per heavy atom. The fourth-order valence-electron chi connectivity index (χ4n) is 2.24. The van der Waals surface area contributed by atoms with E-state index in [-0.39, 0.29) is 5.91 Å². The zero-order valence-corrected chi connectivity index (χ0v) is 12.0. The van der Waals surface area contributed by atoms with E-state index in [1.54, 1.807) is 6.20 Å². The highest BCUT2D eigenvalue weighted by atomic mass is 16.2. The molecule has 20 heavy (non-hydrogen) atoms. The van der Waals surface area contributed by atoms with Crippen molar-refractivity contribution in [3.8, 4) is 0 Å². The quantitative estimate of drug-likeness (QED) is 0.834. The summed E-state index contributed by atoms with van der Waals surface area (Å²) in [7, 11) is 0. The van der Waals surface area contributed by atoms with Gasteiger partial charge in [0, 0.05) is 25.7 Å². The van der Waals surface area contributed by atoms with Gasteiger partial charge in [-0.2, -0.15) is 0 Å². The SMILES string of the molecule is CCN(CC)C(=O)c1cccnc1Cc1ccccc1. The number of carbonyl (C=O) groups excluding carboxylic acids is 1. The second kappa shape index (κ2) is 6.85. The lowest BCUT2D eigenvalue weighted by Crippen LogP contribution is -2.31. The van der Waals surface area contributed by atoms with Crippen molar-refractivity contribution in [2.24, 2.45) is 0 Å². The molecule has 0 radical (unpaired) electrons. The van der Waals surface area contributed by atoms with Crippen LogP contribution in [0.4, 0.5) is 0 Å². The molecular formula is C17H20N2O. The number of amides is 1. The molecule has 0 saturated heterocycles. The van der Waals surface area contributed by atoms with Crippen LogP contribution in [0.25, 0.3) is 0 Å². The molecule has 0 atom stereocenters. The zero-order valence-electron chi connectivity index (χ0n) is 12.0. The molecule has 1 heterocycles. The fraction of sp³-hybridized carbons (Fsp3) is 0.294. The molecule has 0 unspecified atom stereocenters. The van der Waals surface area contributed by atoms with Crippen LogP contribution in [0.2, 0.25) is 0 Å². The van der Waals surface area contributed by atoms with Crippen LogP contribution in [0.5, 0.6) is 0 Å². The predicted molar refractivity (Wildman–Crippen MR) is 80.7 cm³/mol. The maximum absolute atomic E-state index is 12.5. The average molecular weight is 268 g/mol. The Kier molecular flexibility index (Phi) is 4.88. The van der Waals surface area contributed by atoms with Crippen LogP contribution in [0, 0.1) is 0 Å². The molecule has 0 saturated carbocycles. The van der Waals surface area contributed by atoms with Crippen LogP contribution in [0.3, 0.4) is 0 Å². The van der Waals surface area contributed by atoms with E-state index < -0.39 is 0 Å². The van der Waals surface area contributed by atoms with Gasteiger partial charge in [-0.05, 0) is 31.5 Å². The highest BCUT2D eigenvalue weighted by molar-refractivity contribution is 5.95. The standard InChI is InChI=1S/C17H20N2O/c1-3-19(4-2)17(20)15-11-8-12-18-16(15)13-14-9-6-5-7-10-14/h5-12H,3-4,13H2,1-2H3. The summed E-state index contributed by atoms with van der Waals surface area (Å²) in [6.45, 7) is 5.42. The molecule has 104 valence electrons. The highest BCUT2D eigenvalue weighted by Gasteiger charge is 2.16. The lowest BCUT2D eigenvalue weighted by Gasteiger charge is -2.20. The Morgan fingerprint density at radius 3 is 2.40 bits per heavy atom. The van der Waals surface area contributed by atoms with E-state index in [1.807, 2.05) is 49.1 Å². The molecule has 0 spiro atoms. The monoisotopic (exact) mass is 268 g/mol. The third-order valence-electron chi connectivity index (χ3n) is 3.39. The van der Waals surface area contributed by atoms with Crippen molar-refractivity contribution in [2.45, 2.75) is 20.3 Å². The lowest BCUT2D eigenvalue weighted by molar-refractivity contribution is 0.0771. The van der Waals surface area contributed by atoms with Gasteiger partial charge in [0.1, 0.15) is 0 Å². The Labute approximate surface area is 120 Å². The largest absolute Gasteiger partial charge is 0.339 e. The molecular weight excluding hydrogens is 248 g/mol. The Bertz CT molecular complexity index is 562. The van der Waals surface area contributed by atoms with E-state index in [0.717, 1.165) is 18.8 Å². The van der Waals surface area contributed by atoms with E-state index in [0.29, 0.717) is 12.0 Å². The van der Waals surface area contributed by atoms with Crippen molar-refractivity contribution < 1.29 is 4.79 Å². The first-order valence-corrected chi connectivity index (χ1v) is 7.03. The van der Waals surface area contributed by atoms with Gasteiger partial charge < -0.3 is 4.90 Å². The number of benzene rings is 1. The summed E-state index contributed by atoms with van der Waals surface area (Å²) in [6.07, 6.45) is 2.43. The molecule has 0 N–H and O–H groups in total. The Hall–Kier alpha value is -2.16. The minimum Gasteiger partial charge on any atom is -0.339 e. The highest BCUT2D eigenvalue weighted by Crippen LogP contribution is 2.14. The first kappa shape index (κ1) is 14.3. The van der Waals surface area contributed by atoms with Gasteiger partial charge in [0.15, 0.2) is 0 Å². The van der Waals surface area contributed by atoms with Gasteiger partial charge in [0.25, 0.3) is 5.91 Å². The average Bonchev–Trinajstić information content (AvgIpc) is 2.50. The third-order valence-corrected chi connectivity index (χ3v) is 3.39. The number of carbonyl (C=O) groups is 1. The summed E-state index contributed by atoms with van der Waals surface area (Å²) < 4.78 is 0. The van der Waals surface area contributed by atoms with Crippen LogP contribution in [-0.2, 0) is 6.42 Å². The number of nitrogens with zero attached hydrogens (tertiary/aromatic N) is 2. The first-order valence-electron chi connectivity index (χ1n) is 7.03. The fourth-order valence-corrected chi connectivity index (χ4v) is 2.24. The van der Waals surface area contributed by atoms with Crippen molar-refractivity contribution in [3.05, 3.63) is 65.5 Å². The van der Waals surface area contributed by atoms with Crippen LogP contribution >= 0.6 is 0 Å². The minimum atomic E-state index is 0.0639. The molecule has 2 aromatic rings. The van der Waals surface area contributed by atoms with Crippen molar-refractivity contribution >= 4 is 5.91 Å². The van der Waals surface area contributed by atoms with Crippen molar-refractivity contribution in [2.75, 3.05) is 13.1 Å². The molecule has 1 amide bonds. The third kappa shape index (κ3) is 3.23. The number of rotatable bonds is 5. The normalized spacial score (nSPS) is 10.3. The van der Waals surface area contributed by atoms with Gasteiger partial charge in [-0.15, -0.1) is 0 Å². The smallest absolute Gasteiger partial charge is 0.255 e. The molecule has 0 aliphatic carbocycles. The van der Waals surface area contributed by atoms with Gasteiger partial charge in [0.05, 0.1) is 11.3 Å². The molecule has 1 aromatic carbocycles. The second-order valence-corrected chi connectivity index (χ2v) is 4.64. The summed E-state index contributed by atoms with van der Waals surface area (Å²) in [4.78, 5) is 18.7. The molecule has 0 bridgehead atoms. The summed E-state index contributed by atoms with van der Waals surface area (Å²) in [5.41, 5.74) is 2.72. The van der Waals surface area contributed by atoms with Gasteiger partial charge in [-0.3, -0.25) is 9.78 Å². The summed E-state index contributed by atoms with van der Waals surface area (Å²) in [5.74, 6) is 0.0639. The van der Waals surface area contributed by atoms with Crippen molar-refractivity contribution in [1.29, 1.82) is 0 Å². The van der Waals surface area contributed by atoms with Crippen molar-refractivity contribution in [1.82, 2.24) is 9.88 Å². The van der Waals surface area contributed by atoms with E-state index in [2.05, 4.69) is 17.1 Å². The number of pyridine rings is 1. The van der Waals surface area contributed by atoms with E-state index in [4.69, 9.17) is 0 Å². The Morgan fingerprint density at radius 1 is 1.05 bits per heavy atom. The van der Waals surface area contributed by atoms with Crippen LogP contribution < -0.4 is 0 Å². The first-order chi connectivity index (χ1) is 9.76. The molecule has 1 aromatic heterocycles. The maximum Gasteiger partial charge on any atom is 0.255 e. The predicted octanol–water partition coefficient (Wildman–Crippen LogP) is 3.15. The van der Waals surface area contributed by atoms with Crippen LogP contribution in [-0.4, -0.2) is 28.9 Å². The summed E-state index contributed by atoms with van der Waals surface area (Å²) in [5, 5.41) is 0. The summed E-state index contributed by atoms with van der Waals surface area (Å²) in [6, 6.07) is 13.8. The van der Waals surface area contributed by atoms with Gasteiger partial charge >= 0.3 is 0 Å². The van der Waals surface area contributed by atoms with Gasteiger partial charge in [-0.1, -0.05) is 30.3 Å². The van der Waals surface area contributed by atoms with Crippen molar-refractivity contribution in [3.63, 3.8) is 0 Å². The summed E-state index contributed by atoms with van der Waals surface area (Å²) >= 11 is 0. The molecule has 0 aliphatic heterocycles.